The van der Waals surface area contributed by atoms with Gasteiger partial charge in [-0.15, -0.1) is 11.6 Å². The monoisotopic (exact) mass is 281 g/mol. The predicted molar refractivity (Wildman–Crippen MR) is 76.7 cm³/mol. The van der Waals surface area contributed by atoms with E-state index in [9.17, 15) is 4.79 Å². The Morgan fingerprint density at radius 2 is 2.26 bits per heavy atom. The molecule has 0 saturated carbocycles. The fraction of sp³-hybridized carbons (Fsp3) is 0.533. The Labute approximate surface area is 119 Å². The van der Waals surface area contributed by atoms with Gasteiger partial charge in [-0.3, -0.25) is 4.79 Å². The normalized spacial score (nSPS) is 19.2. The van der Waals surface area contributed by atoms with Crippen LogP contribution in [0.3, 0.4) is 0 Å². The number of carbonyl (C=O) groups excluding carboxylic acids is 1. The summed E-state index contributed by atoms with van der Waals surface area (Å²) in [4.78, 5) is 14.1. The number of ether oxygens (including phenoxy) is 1. The van der Waals surface area contributed by atoms with Crippen molar-refractivity contribution in [1.29, 1.82) is 0 Å². The van der Waals surface area contributed by atoms with E-state index in [0.717, 1.165) is 24.2 Å². The minimum Gasteiger partial charge on any atom is -0.492 e. The average molecular weight is 282 g/mol. The Morgan fingerprint density at radius 3 is 3.00 bits per heavy atom. The summed E-state index contributed by atoms with van der Waals surface area (Å²) in [7, 11) is 1.84. The molecule has 1 aromatic carbocycles. The standard InChI is InChI=1S/C15H20ClNO2/c1-11(16)7-8-17(2)15(18)13-9-12-5-3-4-6-14(12)19-10-13/h3-6,11,13H,7-10H2,1-2H3. The molecular weight excluding hydrogens is 262 g/mol. The number of amides is 1. The van der Waals surface area contributed by atoms with Crippen molar-refractivity contribution < 1.29 is 9.53 Å². The lowest BCUT2D eigenvalue weighted by atomic mass is 9.95. The Hall–Kier alpha value is -1.22. The van der Waals surface area contributed by atoms with Gasteiger partial charge in [0, 0.05) is 19.0 Å². The van der Waals surface area contributed by atoms with E-state index in [1.807, 2.05) is 38.2 Å². The molecule has 2 unspecified atom stereocenters. The van der Waals surface area contributed by atoms with Crippen LogP contribution in [0.2, 0.25) is 0 Å². The quantitative estimate of drug-likeness (QED) is 0.794. The lowest BCUT2D eigenvalue weighted by molar-refractivity contribution is -0.135. The number of alkyl halides is 1. The van der Waals surface area contributed by atoms with E-state index >= 15 is 0 Å². The van der Waals surface area contributed by atoms with Crippen LogP contribution in [-0.2, 0) is 11.2 Å². The molecule has 0 radical (unpaired) electrons. The van der Waals surface area contributed by atoms with Gasteiger partial charge in [-0.05, 0) is 31.4 Å². The highest BCUT2D eigenvalue weighted by molar-refractivity contribution is 6.20. The molecule has 0 saturated heterocycles. The first-order valence-electron chi connectivity index (χ1n) is 6.67. The van der Waals surface area contributed by atoms with Gasteiger partial charge in [-0.25, -0.2) is 0 Å². The third-order valence-corrected chi connectivity index (χ3v) is 3.68. The fourth-order valence-electron chi connectivity index (χ4n) is 2.28. The van der Waals surface area contributed by atoms with Crippen molar-refractivity contribution in [3.8, 4) is 5.75 Å². The fourth-order valence-corrected chi connectivity index (χ4v) is 2.38. The topological polar surface area (TPSA) is 29.5 Å². The van der Waals surface area contributed by atoms with Crippen molar-refractivity contribution in [3.63, 3.8) is 0 Å². The highest BCUT2D eigenvalue weighted by Gasteiger charge is 2.27. The number of hydrogen-bond acceptors (Lipinski definition) is 2. The highest BCUT2D eigenvalue weighted by Crippen LogP contribution is 2.27. The number of hydrogen-bond donors (Lipinski definition) is 0. The van der Waals surface area contributed by atoms with Crippen LogP contribution in [0.25, 0.3) is 0 Å². The zero-order chi connectivity index (χ0) is 13.8. The Balaban J connectivity index is 1.95. The van der Waals surface area contributed by atoms with Crippen LogP contribution >= 0.6 is 11.6 Å². The van der Waals surface area contributed by atoms with Crippen LogP contribution in [0.15, 0.2) is 24.3 Å². The molecular formula is C15H20ClNO2. The molecule has 0 fully saturated rings. The van der Waals surface area contributed by atoms with Crippen molar-refractivity contribution in [2.75, 3.05) is 20.2 Å². The zero-order valence-corrected chi connectivity index (χ0v) is 12.2. The van der Waals surface area contributed by atoms with Crippen LogP contribution in [-0.4, -0.2) is 36.4 Å². The van der Waals surface area contributed by atoms with Gasteiger partial charge in [-0.2, -0.15) is 0 Å². The van der Waals surface area contributed by atoms with Crippen LogP contribution in [0.5, 0.6) is 5.75 Å². The zero-order valence-electron chi connectivity index (χ0n) is 11.4. The summed E-state index contributed by atoms with van der Waals surface area (Å²) in [6, 6.07) is 7.91. The molecule has 2 rings (SSSR count). The van der Waals surface area contributed by atoms with Crippen LogP contribution in [0.1, 0.15) is 18.9 Å². The minimum absolute atomic E-state index is 0.0782. The van der Waals surface area contributed by atoms with Crippen molar-refractivity contribution >= 4 is 17.5 Å². The van der Waals surface area contributed by atoms with E-state index in [-0.39, 0.29) is 17.2 Å². The predicted octanol–water partition coefficient (Wildman–Crippen LogP) is 2.71. The Bertz CT molecular complexity index is 448. The number of para-hydroxylation sites is 1. The van der Waals surface area contributed by atoms with Gasteiger partial charge in [0.2, 0.25) is 5.91 Å². The first-order chi connectivity index (χ1) is 9.08. The highest BCUT2D eigenvalue weighted by atomic mass is 35.5. The molecule has 2 atom stereocenters. The number of benzene rings is 1. The molecule has 0 N–H and O–H groups in total. The Morgan fingerprint density at radius 1 is 1.53 bits per heavy atom. The van der Waals surface area contributed by atoms with E-state index in [1.165, 1.54) is 0 Å². The van der Waals surface area contributed by atoms with Crippen LogP contribution < -0.4 is 4.74 Å². The molecule has 1 amide bonds. The molecule has 0 aliphatic carbocycles. The average Bonchev–Trinajstić information content (AvgIpc) is 2.43. The molecule has 4 heteroatoms. The first-order valence-corrected chi connectivity index (χ1v) is 7.11. The third kappa shape index (κ3) is 3.63. The van der Waals surface area contributed by atoms with E-state index in [1.54, 1.807) is 4.90 Å². The van der Waals surface area contributed by atoms with Gasteiger partial charge in [-0.1, -0.05) is 18.2 Å². The summed E-state index contributed by atoms with van der Waals surface area (Å²) in [5, 5.41) is 0.0959. The number of rotatable bonds is 4. The number of halogens is 1. The number of fused-ring (bicyclic) bond motifs is 1. The van der Waals surface area contributed by atoms with Crippen LogP contribution in [0.4, 0.5) is 0 Å². The summed E-state index contributed by atoms with van der Waals surface area (Å²) in [5.74, 6) is 0.973. The second kappa shape index (κ2) is 6.29. The summed E-state index contributed by atoms with van der Waals surface area (Å²) >= 11 is 5.92. The third-order valence-electron chi connectivity index (χ3n) is 3.47. The maximum Gasteiger partial charge on any atom is 0.229 e. The molecule has 104 valence electrons. The number of carbonyl (C=O) groups is 1. The second-order valence-corrected chi connectivity index (χ2v) is 5.89. The van der Waals surface area contributed by atoms with Gasteiger partial charge in [0.05, 0.1) is 5.92 Å². The van der Waals surface area contributed by atoms with Crippen molar-refractivity contribution in [1.82, 2.24) is 4.90 Å². The van der Waals surface area contributed by atoms with E-state index < -0.39 is 0 Å². The van der Waals surface area contributed by atoms with Gasteiger partial charge < -0.3 is 9.64 Å². The van der Waals surface area contributed by atoms with E-state index in [2.05, 4.69) is 0 Å². The lowest BCUT2D eigenvalue weighted by Gasteiger charge is -2.28. The van der Waals surface area contributed by atoms with E-state index in [4.69, 9.17) is 16.3 Å². The smallest absolute Gasteiger partial charge is 0.229 e. The van der Waals surface area contributed by atoms with E-state index in [0.29, 0.717) is 13.2 Å². The SMILES string of the molecule is CC(Cl)CCN(C)C(=O)C1COc2ccccc2C1. The van der Waals surface area contributed by atoms with Gasteiger partial charge in [0.25, 0.3) is 0 Å². The minimum atomic E-state index is -0.0782. The Kier molecular flexibility index (Phi) is 4.70. The maximum atomic E-state index is 12.3. The molecule has 3 nitrogen and oxygen atoms in total. The van der Waals surface area contributed by atoms with Crippen molar-refractivity contribution in [2.24, 2.45) is 5.92 Å². The largest absolute Gasteiger partial charge is 0.492 e. The first kappa shape index (κ1) is 14.2. The molecule has 1 aliphatic heterocycles. The summed E-state index contributed by atoms with van der Waals surface area (Å²) < 4.78 is 5.66. The summed E-state index contributed by atoms with van der Waals surface area (Å²) in [6.07, 6.45) is 1.57. The summed E-state index contributed by atoms with van der Waals surface area (Å²) in [6.45, 7) is 3.11. The molecule has 0 spiro atoms. The second-order valence-electron chi connectivity index (χ2n) is 5.15. The maximum absolute atomic E-state index is 12.3. The molecule has 19 heavy (non-hydrogen) atoms. The molecule has 1 heterocycles. The lowest BCUT2D eigenvalue weighted by Crippen LogP contribution is -2.39. The van der Waals surface area contributed by atoms with Crippen molar-refractivity contribution in [2.45, 2.75) is 25.1 Å². The number of nitrogens with zero attached hydrogens (tertiary/aromatic N) is 1. The molecule has 1 aliphatic rings. The van der Waals surface area contributed by atoms with Gasteiger partial charge in [0.15, 0.2) is 0 Å². The molecule has 0 bridgehead atoms. The molecule has 1 aromatic rings. The summed E-state index contributed by atoms with van der Waals surface area (Å²) in [5.41, 5.74) is 1.12. The van der Waals surface area contributed by atoms with Gasteiger partial charge in [0.1, 0.15) is 12.4 Å². The van der Waals surface area contributed by atoms with Crippen molar-refractivity contribution in [3.05, 3.63) is 29.8 Å². The van der Waals surface area contributed by atoms with Crippen LogP contribution in [0, 0.1) is 5.92 Å². The van der Waals surface area contributed by atoms with Gasteiger partial charge >= 0.3 is 0 Å². The molecule has 0 aromatic heterocycles.